The highest BCUT2D eigenvalue weighted by atomic mass is 35.5. The molecule has 18 nitrogen and oxygen atoms in total. The van der Waals surface area contributed by atoms with Gasteiger partial charge >= 0.3 is 0 Å². The predicted octanol–water partition coefficient (Wildman–Crippen LogP) is 4.16. The summed E-state index contributed by atoms with van der Waals surface area (Å²) in [5, 5.41) is 12.6. The summed E-state index contributed by atoms with van der Waals surface area (Å²) >= 11 is 6.44. The summed E-state index contributed by atoms with van der Waals surface area (Å²) in [4.78, 5) is 112. The first kappa shape index (κ1) is 62.0. The van der Waals surface area contributed by atoms with Crippen molar-refractivity contribution in [3.8, 4) is 12.3 Å². The number of rotatable bonds is 24. The minimum Gasteiger partial charge on any atom is -0.379 e. The third-order valence-corrected chi connectivity index (χ3v) is 15.5. The van der Waals surface area contributed by atoms with Crippen LogP contribution in [0.5, 0.6) is 0 Å². The van der Waals surface area contributed by atoms with E-state index < -0.39 is 71.2 Å². The molecule has 6 atom stereocenters. The van der Waals surface area contributed by atoms with Crippen molar-refractivity contribution >= 4 is 53.0 Å². The fourth-order valence-electron chi connectivity index (χ4n) is 10.5. The zero-order valence-electron chi connectivity index (χ0n) is 46.5. The van der Waals surface area contributed by atoms with E-state index in [0.29, 0.717) is 102 Å². The molecule has 76 heavy (non-hydrogen) atoms. The average molecular weight is 1080 g/mol. The van der Waals surface area contributed by atoms with Gasteiger partial charge in [-0.15, -0.1) is 6.42 Å². The highest BCUT2D eigenvalue weighted by Gasteiger charge is 2.49. The van der Waals surface area contributed by atoms with Crippen LogP contribution in [-0.4, -0.2) is 195 Å². The number of ether oxygens (including phenoxy) is 2. The molecule has 0 unspecified atom stereocenters. The van der Waals surface area contributed by atoms with Crippen LogP contribution in [0.25, 0.3) is 0 Å². The summed E-state index contributed by atoms with van der Waals surface area (Å²) in [5.74, 6) is -0.538. The fourth-order valence-corrected chi connectivity index (χ4v) is 10.7. The van der Waals surface area contributed by atoms with E-state index in [4.69, 9.17) is 27.5 Å². The Labute approximate surface area is 458 Å². The molecular weight excluding hydrogens is 990 g/mol. The van der Waals surface area contributed by atoms with Crippen LogP contribution in [0.15, 0.2) is 24.3 Å². The predicted molar refractivity (Wildman–Crippen MR) is 294 cm³/mol. The normalized spacial score (nSPS) is 23.2. The van der Waals surface area contributed by atoms with E-state index in [-0.39, 0.29) is 50.0 Å². The zero-order chi connectivity index (χ0) is 55.2. The van der Waals surface area contributed by atoms with Crippen molar-refractivity contribution in [3.63, 3.8) is 0 Å². The van der Waals surface area contributed by atoms with Crippen LogP contribution >= 0.6 is 11.6 Å². The van der Waals surface area contributed by atoms with Crippen LogP contribution in [0.2, 0.25) is 5.02 Å². The molecule has 0 spiro atoms. The van der Waals surface area contributed by atoms with Gasteiger partial charge < -0.3 is 45.4 Å². The molecule has 424 valence electrons. The second-order valence-electron chi connectivity index (χ2n) is 21.9. The van der Waals surface area contributed by atoms with Crippen LogP contribution < -0.4 is 21.3 Å². The van der Waals surface area contributed by atoms with E-state index in [1.807, 2.05) is 33.8 Å². The molecule has 4 fully saturated rings. The lowest BCUT2D eigenvalue weighted by atomic mass is 9.97. The lowest BCUT2D eigenvalue weighted by molar-refractivity contribution is -0.147. The van der Waals surface area contributed by atoms with E-state index in [1.54, 1.807) is 37.2 Å². The molecule has 1 aromatic rings. The topological polar surface area (TPSA) is 202 Å². The van der Waals surface area contributed by atoms with Gasteiger partial charge in [-0.3, -0.25) is 43.4 Å². The van der Waals surface area contributed by atoms with Gasteiger partial charge in [0.05, 0.1) is 26.4 Å². The number of morpholine rings is 2. The summed E-state index contributed by atoms with van der Waals surface area (Å²) < 4.78 is 11.1. The SMILES string of the molecule is C#CC1(C(=O)N[C@@H](CCCCN2CCOCC2)C(=O)N[C@@H](CCCCN2CCOCC2)C(=O)N(C)[C@H]2CCCCN(C)C(=O)[C@@H](CCC)NC(=O)[C@H](Cc3cccc(Cl)c3)N(CCC)C(=O)[C@H](CC(C)C)NC2=O)CC1. The Bertz CT molecular complexity index is 2110. The third-order valence-electron chi connectivity index (χ3n) is 15.3. The van der Waals surface area contributed by atoms with Crippen LogP contribution in [0.4, 0.5) is 0 Å². The Morgan fingerprint density at radius 2 is 1.43 bits per heavy atom. The van der Waals surface area contributed by atoms with Gasteiger partial charge in [0.1, 0.15) is 41.7 Å². The number of carbonyl (C=O) groups excluding carboxylic acids is 7. The summed E-state index contributed by atoms with van der Waals surface area (Å²) in [6.45, 7) is 15.8. The number of nitrogens with zero attached hydrogens (tertiary/aromatic N) is 5. The molecule has 1 saturated carbocycles. The number of unbranched alkanes of at least 4 members (excludes halogenated alkanes) is 2. The zero-order valence-corrected chi connectivity index (χ0v) is 47.3. The van der Waals surface area contributed by atoms with E-state index in [2.05, 4.69) is 37.0 Å². The molecule has 1 aliphatic carbocycles. The number of benzene rings is 1. The number of halogens is 1. The van der Waals surface area contributed by atoms with E-state index in [9.17, 15) is 19.2 Å². The fraction of sp³-hybridized carbons (Fsp3) is 0.737. The lowest BCUT2D eigenvalue weighted by Gasteiger charge is -2.37. The van der Waals surface area contributed by atoms with E-state index >= 15 is 14.4 Å². The number of carbonyl (C=O) groups is 7. The molecule has 7 amide bonds. The lowest BCUT2D eigenvalue weighted by Crippen LogP contribution is -2.61. The first-order chi connectivity index (χ1) is 36.5. The molecule has 3 heterocycles. The summed E-state index contributed by atoms with van der Waals surface area (Å²) in [5.41, 5.74) is -0.236. The van der Waals surface area contributed by atoms with Gasteiger partial charge in [-0.1, -0.05) is 63.8 Å². The Kier molecular flexibility index (Phi) is 25.8. The summed E-state index contributed by atoms with van der Waals surface area (Å²) in [6, 6.07) is 1.02. The number of amides is 7. The van der Waals surface area contributed by atoms with Crippen molar-refractivity contribution in [1.82, 2.24) is 45.8 Å². The molecular formula is C57H90ClN9O9. The second-order valence-corrected chi connectivity index (χ2v) is 22.3. The molecule has 3 saturated heterocycles. The minimum absolute atomic E-state index is 0.0660. The van der Waals surface area contributed by atoms with Crippen molar-refractivity contribution in [2.24, 2.45) is 11.3 Å². The number of nitrogens with one attached hydrogen (secondary N) is 4. The molecule has 3 aliphatic heterocycles. The molecule has 4 N–H and O–H groups in total. The maximum absolute atomic E-state index is 15.2. The van der Waals surface area contributed by atoms with E-state index in [1.165, 1.54) is 9.80 Å². The summed E-state index contributed by atoms with van der Waals surface area (Å²) in [7, 11) is 3.25. The Balaban J connectivity index is 1.46. The third kappa shape index (κ3) is 19.0. The maximum atomic E-state index is 15.2. The van der Waals surface area contributed by atoms with Crippen molar-refractivity contribution < 1.29 is 43.0 Å². The molecule has 1 aromatic carbocycles. The van der Waals surface area contributed by atoms with Crippen molar-refractivity contribution in [1.29, 1.82) is 0 Å². The number of likely N-dealkylation sites (N-methyl/N-ethyl adjacent to an activating group) is 2. The number of hydrogen-bond acceptors (Lipinski definition) is 11. The van der Waals surface area contributed by atoms with Gasteiger partial charge in [-0.2, -0.15) is 0 Å². The van der Waals surface area contributed by atoms with Crippen LogP contribution in [-0.2, 0) is 49.5 Å². The molecule has 0 bridgehead atoms. The first-order valence-electron chi connectivity index (χ1n) is 28.4. The molecule has 19 heteroatoms. The Morgan fingerprint density at radius 1 is 0.816 bits per heavy atom. The van der Waals surface area contributed by atoms with Gasteiger partial charge in [-0.05, 0) is 127 Å². The van der Waals surface area contributed by atoms with Gasteiger partial charge in [0.2, 0.25) is 41.4 Å². The standard InChI is InChI=1S/C57H90ClN9O9/c1-8-18-45-53(71)63(6)27-14-13-23-48(51(69)61-47(38-41(4)5)55(73)67(26-9-2)49(52(70)60-45)40-42-19-17-20-43(58)39-42)64(7)54(72)46(22-12-16-29-66-32-36-76-37-33-66)59-50(68)44(62-56(74)57(10-3)24-25-57)21-11-15-28-65-30-34-75-35-31-65/h3,17,19-20,39,41,44-49H,8-9,11-16,18,21-38,40H2,1-2,4-7H3,(H,59,68)(H,60,70)(H,61,69)(H,62,74)/t44-,45+,46-,47-,48-,49-/m0/s1. The van der Waals surface area contributed by atoms with Gasteiger partial charge in [0, 0.05) is 64.8 Å². The maximum Gasteiger partial charge on any atom is 0.245 e. The number of hydrogen-bond donors (Lipinski definition) is 4. The second kappa shape index (κ2) is 31.6. The molecule has 5 rings (SSSR count). The Hall–Kier alpha value is -4.80. The van der Waals surface area contributed by atoms with Gasteiger partial charge in [0.25, 0.3) is 0 Å². The summed E-state index contributed by atoms with van der Waals surface area (Å²) in [6.07, 6.45) is 13.2. The first-order valence-corrected chi connectivity index (χ1v) is 28.7. The van der Waals surface area contributed by atoms with Crippen molar-refractivity contribution in [2.75, 3.05) is 92.9 Å². The highest BCUT2D eigenvalue weighted by molar-refractivity contribution is 6.30. The minimum atomic E-state index is -1.09. The van der Waals surface area contributed by atoms with Crippen molar-refractivity contribution in [3.05, 3.63) is 34.9 Å². The molecule has 0 radical (unpaired) electrons. The number of terminal acetylenes is 1. The van der Waals surface area contributed by atoms with E-state index in [0.717, 1.165) is 57.7 Å². The van der Waals surface area contributed by atoms with Gasteiger partial charge in [-0.25, -0.2) is 0 Å². The van der Waals surface area contributed by atoms with Crippen LogP contribution in [0.3, 0.4) is 0 Å². The van der Waals surface area contributed by atoms with Crippen molar-refractivity contribution in [2.45, 2.75) is 167 Å². The average Bonchev–Trinajstić information content (AvgIpc) is 4.22. The molecule has 4 aliphatic rings. The largest absolute Gasteiger partial charge is 0.379 e. The van der Waals surface area contributed by atoms with Crippen LogP contribution in [0, 0.1) is 23.7 Å². The molecule has 0 aromatic heterocycles. The van der Waals surface area contributed by atoms with Gasteiger partial charge in [0.15, 0.2) is 0 Å². The smallest absolute Gasteiger partial charge is 0.245 e. The monoisotopic (exact) mass is 1080 g/mol. The van der Waals surface area contributed by atoms with Crippen LogP contribution in [0.1, 0.15) is 130 Å². The quantitative estimate of drug-likeness (QED) is 0.0856. The highest BCUT2D eigenvalue weighted by Crippen LogP contribution is 2.45. The Morgan fingerprint density at radius 3 is 2.00 bits per heavy atom.